The van der Waals surface area contributed by atoms with Crippen LogP contribution in [0.25, 0.3) is 11.3 Å². The fourth-order valence-electron chi connectivity index (χ4n) is 11.0. The van der Waals surface area contributed by atoms with Gasteiger partial charge in [0.05, 0.1) is 11.8 Å². The number of rotatable bonds is 9. The minimum absolute atomic E-state index is 0.0125. The van der Waals surface area contributed by atoms with Gasteiger partial charge in [0.1, 0.15) is 23.6 Å². The van der Waals surface area contributed by atoms with Crippen LogP contribution < -0.4 is 20.9 Å². The van der Waals surface area contributed by atoms with Gasteiger partial charge in [0.15, 0.2) is 5.82 Å². The van der Waals surface area contributed by atoms with Gasteiger partial charge in [0.2, 0.25) is 17.8 Å². The number of carbonyl (C=O) groups excluding carboxylic acids is 3. The molecule has 5 aliphatic rings. The number of likely N-dealkylation sites (tertiary alicyclic amines) is 3. The number of phenols is 2. The van der Waals surface area contributed by atoms with E-state index in [4.69, 9.17) is 16.4 Å². The highest BCUT2D eigenvalue weighted by Crippen LogP contribution is 2.45. The van der Waals surface area contributed by atoms with Gasteiger partial charge in [0, 0.05) is 97.8 Å². The number of aliphatic hydroxyl groups is 1. The van der Waals surface area contributed by atoms with Crippen LogP contribution in [0.2, 0.25) is 0 Å². The van der Waals surface area contributed by atoms with E-state index in [1.165, 1.54) is 11.0 Å². The van der Waals surface area contributed by atoms with Gasteiger partial charge in [-0.2, -0.15) is 0 Å². The number of para-hydroxylation sites is 1. The lowest BCUT2D eigenvalue weighted by Crippen LogP contribution is -2.60. The normalized spacial score (nSPS) is 23.8. The van der Waals surface area contributed by atoms with E-state index in [-0.39, 0.29) is 55.0 Å². The summed E-state index contributed by atoms with van der Waals surface area (Å²) in [4.78, 5) is 59.3. The minimum atomic E-state index is -0.941. The molecule has 0 bridgehead atoms. The number of aromatic nitrogens is 4. The summed E-state index contributed by atoms with van der Waals surface area (Å²) in [6.45, 7) is 11.7. The Morgan fingerprint density at radius 1 is 0.926 bits per heavy atom. The zero-order chi connectivity index (χ0) is 47.9. The van der Waals surface area contributed by atoms with Crippen LogP contribution in [0.4, 0.5) is 16.6 Å². The molecule has 2 aromatic carbocycles. The summed E-state index contributed by atoms with van der Waals surface area (Å²) in [5, 5.41) is 49.8. The maximum absolute atomic E-state index is 14.2. The van der Waals surface area contributed by atoms with Gasteiger partial charge in [-0.1, -0.05) is 44.9 Å². The lowest BCUT2D eigenvalue weighted by atomic mass is 9.83. The van der Waals surface area contributed by atoms with Crippen molar-refractivity contribution in [3.05, 3.63) is 83.2 Å². The second kappa shape index (κ2) is 19.2. The molecule has 4 amide bonds. The molecule has 17 heteroatoms. The van der Waals surface area contributed by atoms with Crippen LogP contribution in [-0.4, -0.2) is 144 Å². The smallest absolute Gasteiger partial charge is 0.318 e. The molecule has 7 heterocycles. The SMILES string of the molecule is C#Cc1ccc(CNC(=O)[C@@H]2C[C@@H](O)CN2C(=O)[C@@H](NC(=O)N2CCC(N3CCC(c4cnc(N5CCC6Nc7nnc(-c8ccccc8O)cc7C6[C@H]5C)nc4)CC3)CC2)C(C)(C)C)c(O)c1. The number of terminal acetylenes is 1. The van der Waals surface area contributed by atoms with Crippen molar-refractivity contribution in [2.24, 2.45) is 5.41 Å². The lowest BCUT2D eigenvalue weighted by Gasteiger charge is -2.42. The molecule has 0 aliphatic carbocycles. The van der Waals surface area contributed by atoms with Crippen molar-refractivity contribution >= 4 is 29.6 Å². The third-order valence-electron chi connectivity index (χ3n) is 14.9. The fourth-order valence-corrected chi connectivity index (χ4v) is 11.0. The van der Waals surface area contributed by atoms with E-state index < -0.39 is 35.4 Å². The molecule has 0 radical (unpaired) electrons. The summed E-state index contributed by atoms with van der Waals surface area (Å²) in [7, 11) is 0. The summed E-state index contributed by atoms with van der Waals surface area (Å²) >= 11 is 0. The number of aromatic hydroxyl groups is 2. The third kappa shape index (κ3) is 9.48. The number of piperidine rings is 3. The number of anilines is 2. The molecule has 5 aliphatic heterocycles. The molecule has 0 saturated carbocycles. The van der Waals surface area contributed by atoms with Gasteiger partial charge in [-0.05, 0) is 99.3 Å². The molecule has 4 saturated heterocycles. The van der Waals surface area contributed by atoms with Crippen LogP contribution in [0.5, 0.6) is 11.5 Å². The Morgan fingerprint density at radius 3 is 2.35 bits per heavy atom. The van der Waals surface area contributed by atoms with Crippen LogP contribution in [0, 0.1) is 17.8 Å². The van der Waals surface area contributed by atoms with E-state index in [0.29, 0.717) is 47.4 Å². The van der Waals surface area contributed by atoms with Gasteiger partial charge in [-0.15, -0.1) is 16.6 Å². The van der Waals surface area contributed by atoms with E-state index >= 15 is 0 Å². The van der Waals surface area contributed by atoms with Crippen LogP contribution in [0.1, 0.15) is 100 Å². The predicted octanol–water partition coefficient (Wildman–Crippen LogP) is 4.55. The molecule has 68 heavy (non-hydrogen) atoms. The number of amides is 4. The standard InChI is InChI=1S/C51H63N11O6/c1-6-31-11-12-33(43(65)23-31)26-52-47(66)41-24-36(63)29-62(41)48(67)45(51(3,4)5)56-50(68)60-20-15-35(16-21-60)59-18-13-32(14-19-59)34-27-53-49(54-28-34)61-22-17-39-44(30(61)2)38-25-40(57-58-46(38)55-39)37-9-7-8-10-42(37)64/h1,7-12,23,25,27-28,30,32,35-36,39,41,44-45,63-65H,13-22,24,26,29H2,2-5H3,(H,52,66)(H,55,58)(H,56,68)/t30-,36-,39?,41+,44?,45-/m1/s1. The van der Waals surface area contributed by atoms with Crippen molar-refractivity contribution in [2.45, 2.75) is 121 Å². The summed E-state index contributed by atoms with van der Waals surface area (Å²) in [5.74, 6) is 3.76. The molecule has 4 aromatic rings. The first-order valence-electron chi connectivity index (χ1n) is 24.0. The molecular weight excluding hydrogens is 863 g/mol. The fraction of sp³-hybridized carbons (Fsp3) is 0.510. The van der Waals surface area contributed by atoms with Crippen molar-refractivity contribution in [2.75, 3.05) is 49.5 Å². The van der Waals surface area contributed by atoms with Crippen molar-refractivity contribution in [3.8, 4) is 35.1 Å². The Labute approximate surface area is 397 Å². The van der Waals surface area contributed by atoms with Crippen LogP contribution in [0.3, 0.4) is 0 Å². The van der Waals surface area contributed by atoms with Gasteiger partial charge in [-0.25, -0.2) is 14.8 Å². The average Bonchev–Trinajstić information content (AvgIpc) is 3.93. The average molecular weight is 926 g/mol. The minimum Gasteiger partial charge on any atom is -0.508 e. The Hall–Kier alpha value is -6.51. The second-order valence-electron chi connectivity index (χ2n) is 20.2. The predicted molar refractivity (Wildman–Crippen MR) is 257 cm³/mol. The van der Waals surface area contributed by atoms with E-state index in [2.05, 4.69) is 54.9 Å². The summed E-state index contributed by atoms with van der Waals surface area (Å²) < 4.78 is 0. The van der Waals surface area contributed by atoms with E-state index in [1.54, 1.807) is 29.2 Å². The molecule has 2 aromatic heterocycles. The van der Waals surface area contributed by atoms with Gasteiger partial charge in [-0.3, -0.25) is 9.59 Å². The summed E-state index contributed by atoms with van der Waals surface area (Å²) in [5.41, 5.74) is 3.86. The highest BCUT2D eigenvalue weighted by atomic mass is 16.3. The zero-order valence-corrected chi connectivity index (χ0v) is 39.3. The summed E-state index contributed by atoms with van der Waals surface area (Å²) in [6, 6.07) is 12.5. The molecule has 17 nitrogen and oxygen atoms in total. The third-order valence-corrected chi connectivity index (χ3v) is 14.9. The molecule has 9 rings (SSSR count). The first-order valence-corrected chi connectivity index (χ1v) is 24.0. The van der Waals surface area contributed by atoms with Gasteiger partial charge < -0.3 is 50.9 Å². The highest BCUT2D eigenvalue weighted by Gasteiger charge is 2.46. The number of hydrogen-bond donors (Lipinski definition) is 6. The molecule has 0 spiro atoms. The van der Waals surface area contributed by atoms with Gasteiger partial charge >= 0.3 is 6.03 Å². The van der Waals surface area contributed by atoms with Crippen molar-refractivity contribution < 1.29 is 29.7 Å². The highest BCUT2D eigenvalue weighted by molar-refractivity contribution is 5.93. The van der Waals surface area contributed by atoms with Crippen molar-refractivity contribution in [1.82, 2.24) is 45.5 Å². The Bertz CT molecular complexity index is 2550. The van der Waals surface area contributed by atoms with Crippen molar-refractivity contribution in [1.29, 1.82) is 0 Å². The van der Waals surface area contributed by atoms with Crippen molar-refractivity contribution in [3.63, 3.8) is 0 Å². The first-order chi connectivity index (χ1) is 32.7. The van der Waals surface area contributed by atoms with Crippen LogP contribution in [-0.2, 0) is 16.1 Å². The zero-order valence-electron chi connectivity index (χ0n) is 39.3. The molecule has 6 atom stereocenters. The number of hydrogen-bond acceptors (Lipinski definition) is 13. The molecule has 358 valence electrons. The van der Waals surface area contributed by atoms with E-state index in [9.17, 15) is 29.7 Å². The van der Waals surface area contributed by atoms with Crippen LogP contribution in [0.15, 0.2) is 60.9 Å². The van der Waals surface area contributed by atoms with Gasteiger partial charge in [0.25, 0.3) is 0 Å². The Kier molecular flexibility index (Phi) is 13.2. The molecule has 6 N–H and O–H groups in total. The number of benzene rings is 2. The van der Waals surface area contributed by atoms with E-state index in [0.717, 1.165) is 74.6 Å². The quantitative estimate of drug-likeness (QED) is 0.128. The number of phenolic OH excluding ortho intramolecular Hbond substituents is 2. The molecule has 4 fully saturated rings. The topological polar surface area (TPSA) is 213 Å². The number of aliphatic hydroxyl groups excluding tert-OH is 1. The maximum Gasteiger partial charge on any atom is 0.318 e. The number of nitrogens with zero attached hydrogens (tertiary/aromatic N) is 8. The number of β-amino-alcohol motifs (C(OH)–C–C–N with tert-alkyl or cyclic N) is 1. The monoisotopic (exact) mass is 925 g/mol. The number of nitrogens with one attached hydrogen (secondary N) is 3. The Balaban J connectivity index is 0.753. The number of fused-ring (bicyclic) bond motifs is 3. The maximum atomic E-state index is 14.2. The second-order valence-corrected chi connectivity index (χ2v) is 20.2. The van der Waals surface area contributed by atoms with E-state index in [1.807, 2.05) is 45.3 Å². The number of urea groups is 1. The van der Waals surface area contributed by atoms with Crippen LogP contribution >= 0.6 is 0 Å². The molecular formula is C51H63N11O6. The Morgan fingerprint density at radius 2 is 1.66 bits per heavy atom. The summed E-state index contributed by atoms with van der Waals surface area (Å²) in [6.07, 6.45) is 13.2. The number of carbonyl (C=O) groups is 3. The largest absolute Gasteiger partial charge is 0.508 e. The lowest BCUT2D eigenvalue weighted by molar-refractivity contribution is -0.142. The first kappa shape index (κ1) is 46.6. The molecule has 2 unspecified atom stereocenters.